The van der Waals surface area contributed by atoms with Crippen LogP contribution in [0.15, 0.2) is 0 Å². The fraction of sp³-hybridized carbons (Fsp3) is 1.00. The van der Waals surface area contributed by atoms with Gasteiger partial charge in [-0.15, -0.1) is 0 Å². The van der Waals surface area contributed by atoms with Gasteiger partial charge in [0, 0.05) is 0 Å². The third-order valence-electron chi connectivity index (χ3n) is 5.21. The Balaban J connectivity index is -0.000000411. The van der Waals surface area contributed by atoms with Gasteiger partial charge in [-0.2, -0.15) is 0 Å². The minimum Gasteiger partial charge on any atom is -2.00 e. The van der Waals surface area contributed by atoms with Crippen molar-refractivity contribution >= 4 is 0 Å². The molecule has 0 heterocycles. The predicted molar refractivity (Wildman–Crippen MR) is 120 cm³/mol. The molecule has 3 nitrogen and oxygen atoms in total. The maximum absolute atomic E-state index is 3.85. The van der Waals surface area contributed by atoms with Gasteiger partial charge in [0.15, 0.2) is 0 Å². The van der Waals surface area contributed by atoms with E-state index in [2.05, 4.69) is 25.3 Å². The molecule has 0 unspecified atom stereocenters. The van der Waals surface area contributed by atoms with Crippen molar-refractivity contribution in [3.8, 4) is 0 Å². The van der Waals surface area contributed by atoms with Crippen molar-refractivity contribution in [1.29, 1.82) is 0 Å². The Morgan fingerprint density at radius 3 is 0.704 bits per heavy atom. The summed E-state index contributed by atoms with van der Waals surface area (Å²) in [6.45, 7) is 6.80. The van der Waals surface area contributed by atoms with Gasteiger partial charge in [0.05, 0.1) is 13.1 Å². The maximum atomic E-state index is 3.85. The fourth-order valence-electron chi connectivity index (χ4n) is 3.33. The molecule has 0 radical (unpaired) electrons. The quantitative estimate of drug-likeness (QED) is 0.233. The van der Waals surface area contributed by atoms with Crippen LogP contribution in [0.3, 0.4) is 0 Å². The van der Waals surface area contributed by atoms with Crippen molar-refractivity contribution in [2.24, 2.45) is 0 Å². The summed E-state index contributed by atoms with van der Waals surface area (Å²) >= 11 is 0. The van der Waals surface area contributed by atoms with Crippen LogP contribution in [-0.4, -0.2) is 13.1 Å². The van der Waals surface area contributed by atoms with Crippen LogP contribution in [0.5, 0.6) is 0 Å². The molecule has 3 heteroatoms. The standard InChI is InChI=1S/2C12H27N.O/c2*1-2-3-4-5-6-7-8-9-10-11-12-13;/h2*2-13H2,1H3;/q;;-2/p+2. The SMILES string of the molecule is CCCCCCCCCCCC[NH3+].CCCCCCCCCCCC[NH3+].[O-2]. The average Bonchev–Trinajstić information content (AvgIpc) is 2.66. The molecular formula is C24H56N2O. The second-order valence-electron chi connectivity index (χ2n) is 8.07. The Morgan fingerprint density at radius 2 is 0.519 bits per heavy atom. The van der Waals surface area contributed by atoms with Crippen LogP contribution < -0.4 is 11.5 Å². The molecule has 27 heavy (non-hydrogen) atoms. The van der Waals surface area contributed by atoms with Crippen molar-refractivity contribution in [1.82, 2.24) is 0 Å². The summed E-state index contributed by atoms with van der Waals surface area (Å²) in [7, 11) is 0. The topological polar surface area (TPSA) is 83.8 Å². The minimum absolute atomic E-state index is 0. The van der Waals surface area contributed by atoms with Gasteiger partial charge in [-0.1, -0.05) is 117 Å². The summed E-state index contributed by atoms with van der Waals surface area (Å²) < 4.78 is 0. The zero-order chi connectivity index (χ0) is 19.6. The third kappa shape index (κ3) is 37.3. The highest BCUT2D eigenvalue weighted by atomic mass is 16.0. The first kappa shape index (κ1) is 31.6. The molecule has 0 fully saturated rings. The largest absolute Gasteiger partial charge is 2.00 e. The monoisotopic (exact) mass is 388 g/mol. The van der Waals surface area contributed by atoms with Crippen molar-refractivity contribution < 1.29 is 16.9 Å². The second kappa shape index (κ2) is 33.5. The van der Waals surface area contributed by atoms with Crippen LogP contribution in [0.4, 0.5) is 0 Å². The zero-order valence-corrected chi connectivity index (χ0v) is 19.4. The molecule has 0 aliphatic carbocycles. The van der Waals surface area contributed by atoms with Crippen LogP contribution in [0, 0.1) is 0 Å². The maximum Gasteiger partial charge on any atom is 0.0739 e. The Hall–Kier alpha value is -0.120. The lowest BCUT2D eigenvalue weighted by Crippen LogP contribution is -2.50. The minimum atomic E-state index is 0. The van der Waals surface area contributed by atoms with Gasteiger partial charge in [-0.3, -0.25) is 0 Å². The van der Waals surface area contributed by atoms with Gasteiger partial charge >= 0.3 is 0 Å². The van der Waals surface area contributed by atoms with Crippen molar-refractivity contribution in [2.75, 3.05) is 13.1 Å². The molecule has 168 valence electrons. The highest BCUT2D eigenvalue weighted by molar-refractivity contribution is 4.47. The molecular weight excluding hydrogens is 332 g/mol. The van der Waals surface area contributed by atoms with Gasteiger partial charge in [0.25, 0.3) is 0 Å². The van der Waals surface area contributed by atoms with E-state index in [0.717, 1.165) is 13.1 Å². The molecule has 6 N–H and O–H groups in total. The predicted octanol–water partition coefficient (Wildman–Crippen LogP) is 6.18. The number of hydrogen-bond acceptors (Lipinski definition) is 0. The molecule has 0 spiro atoms. The summed E-state index contributed by atoms with van der Waals surface area (Å²) in [6, 6.07) is 0. The summed E-state index contributed by atoms with van der Waals surface area (Å²) in [5, 5.41) is 0. The van der Waals surface area contributed by atoms with Gasteiger partial charge in [-0.05, 0) is 25.7 Å². The number of quaternary nitrogens is 2. The van der Waals surface area contributed by atoms with E-state index in [4.69, 9.17) is 0 Å². The van der Waals surface area contributed by atoms with E-state index < -0.39 is 0 Å². The molecule has 0 aliphatic rings. The number of rotatable bonds is 20. The Kier molecular flexibility index (Phi) is 39.1. The van der Waals surface area contributed by atoms with Gasteiger partial charge in [0.1, 0.15) is 0 Å². The fourth-order valence-corrected chi connectivity index (χ4v) is 3.33. The first-order valence-electron chi connectivity index (χ1n) is 12.4. The summed E-state index contributed by atoms with van der Waals surface area (Å²) in [5.74, 6) is 0. The number of unbranched alkanes of at least 4 members (excludes halogenated alkanes) is 18. The van der Waals surface area contributed by atoms with Crippen molar-refractivity contribution in [2.45, 2.75) is 142 Å². The smallest absolute Gasteiger partial charge is 0.0739 e. The highest BCUT2D eigenvalue weighted by Gasteiger charge is 1.92. The second-order valence-corrected chi connectivity index (χ2v) is 8.07. The molecule has 0 aliphatic heterocycles. The van der Waals surface area contributed by atoms with E-state index in [1.807, 2.05) is 0 Å². The Bertz CT molecular complexity index is 171. The van der Waals surface area contributed by atoms with E-state index in [1.54, 1.807) is 0 Å². The summed E-state index contributed by atoms with van der Waals surface area (Å²) in [4.78, 5) is 0. The molecule has 0 aromatic carbocycles. The van der Waals surface area contributed by atoms with Crippen molar-refractivity contribution in [3.63, 3.8) is 0 Å². The molecule has 0 aromatic rings. The van der Waals surface area contributed by atoms with Crippen molar-refractivity contribution in [3.05, 3.63) is 0 Å². The molecule has 0 aromatic heterocycles. The Morgan fingerprint density at radius 1 is 0.333 bits per heavy atom. The molecule has 0 amide bonds. The third-order valence-corrected chi connectivity index (χ3v) is 5.21. The summed E-state index contributed by atoms with van der Waals surface area (Å²) in [5.41, 5.74) is 7.71. The molecule has 0 rings (SSSR count). The van der Waals surface area contributed by atoms with E-state index in [1.165, 1.54) is 128 Å². The van der Waals surface area contributed by atoms with Gasteiger partial charge in [0.2, 0.25) is 0 Å². The summed E-state index contributed by atoms with van der Waals surface area (Å²) in [6.07, 6.45) is 28.5. The van der Waals surface area contributed by atoms with Crippen LogP contribution in [0.1, 0.15) is 142 Å². The average molecular weight is 389 g/mol. The molecule has 0 bridgehead atoms. The van der Waals surface area contributed by atoms with E-state index in [9.17, 15) is 0 Å². The normalized spacial score (nSPS) is 10.2. The molecule has 0 atom stereocenters. The highest BCUT2D eigenvalue weighted by Crippen LogP contribution is 2.10. The van der Waals surface area contributed by atoms with Crippen LogP contribution >= 0.6 is 0 Å². The first-order chi connectivity index (χ1) is 12.8. The Labute approximate surface area is 172 Å². The lowest BCUT2D eigenvalue weighted by atomic mass is 10.1. The van der Waals surface area contributed by atoms with Crippen LogP contribution in [0.2, 0.25) is 0 Å². The van der Waals surface area contributed by atoms with E-state index >= 15 is 0 Å². The lowest BCUT2D eigenvalue weighted by molar-refractivity contribution is -0.368. The van der Waals surface area contributed by atoms with Crippen LogP contribution in [0.25, 0.3) is 0 Å². The van der Waals surface area contributed by atoms with Gasteiger partial charge in [-0.25, -0.2) is 0 Å². The van der Waals surface area contributed by atoms with E-state index in [0.29, 0.717) is 0 Å². The zero-order valence-electron chi connectivity index (χ0n) is 19.4. The molecule has 0 saturated heterocycles. The molecule has 0 saturated carbocycles. The number of hydrogen-bond donors (Lipinski definition) is 2. The lowest BCUT2D eigenvalue weighted by Gasteiger charge is -2.00. The van der Waals surface area contributed by atoms with Crippen LogP contribution in [-0.2, 0) is 5.48 Å². The van der Waals surface area contributed by atoms with E-state index in [-0.39, 0.29) is 5.48 Å². The first-order valence-corrected chi connectivity index (χ1v) is 12.4. The van der Waals surface area contributed by atoms with Gasteiger partial charge < -0.3 is 16.9 Å².